The summed E-state index contributed by atoms with van der Waals surface area (Å²) in [7, 11) is 0. The van der Waals surface area contributed by atoms with Crippen molar-refractivity contribution in [2.75, 3.05) is 0 Å². The van der Waals surface area contributed by atoms with Crippen LogP contribution in [0.15, 0.2) is 59.6 Å². The molecule has 2 aromatic carbocycles. The van der Waals surface area contributed by atoms with Crippen molar-refractivity contribution in [3.8, 4) is 0 Å². The molecule has 2 aromatic rings. The molecule has 0 aromatic heterocycles. The molecule has 1 N–H and O–H groups in total. The summed E-state index contributed by atoms with van der Waals surface area (Å²) in [5, 5.41) is 19.8. The molecule has 6 nitrogen and oxygen atoms in total. The lowest BCUT2D eigenvalue weighted by molar-refractivity contribution is -0.348. The lowest BCUT2D eigenvalue weighted by Crippen LogP contribution is -2.12. The molecule has 0 aliphatic heterocycles. The summed E-state index contributed by atoms with van der Waals surface area (Å²) in [6, 6.07) is 13.9. The van der Waals surface area contributed by atoms with E-state index in [0.29, 0.717) is 11.3 Å². The normalized spacial score (nSPS) is 11.1. The van der Waals surface area contributed by atoms with Crippen molar-refractivity contribution >= 4 is 17.5 Å². The van der Waals surface area contributed by atoms with Gasteiger partial charge >= 0.3 is 11.8 Å². The van der Waals surface area contributed by atoms with Crippen molar-refractivity contribution in [3.63, 3.8) is 0 Å². The second-order valence-corrected chi connectivity index (χ2v) is 3.91. The summed E-state index contributed by atoms with van der Waals surface area (Å²) in [5.74, 6) is -1.34. The van der Waals surface area contributed by atoms with Gasteiger partial charge in [-0.2, -0.15) is 0 Å². The fourth-order valence-corrected chi connectivity index (χ4v) is 1.60. The number of carboxylic acids is 1. The average molecular weight is 270 g/mol. The van der Waals surface area contributed by atoms with E-state index in [-0.39, 0.29) is 11.4 Å². The Bertz CT molecular complexity index is 663. The van der Waals surface area contributed by atoms with Crippen LogP contribution in [0.2, 0.25) is 0 Å². The average Bonchev–Trinajstić information content (AvgIpc) is 2.46. The zero-order valence-corrected chi connectivity index (χ0v) is 10.3. The molecule has 0 aliphatic carbocycles. The van der Waals surface area contributed by atoms with E-state index in [1.165, 1.54) is 24.3 Å². The lowest BCUT2D eigenvalue weighted by atomic mass is 10.2. The van der Waals surface area contributed by atoms with Gasteiger partial charge in [0.25, 0.3) is 0 Å². The predicted octanol–water partition coefficient (Wildman–Crippen LogP) is 2.74. The van der Waals surface area contributed by atoms with Gasteiger partial charge < -0.3 is 15.2 Å². The lowest BCUT2D eigenvalue weighted by Gasteiger charge is -1.98. The number of nitro groups is 1. The minimum absolute atomic E-state index is 0.103. The predicted molar refractivity (Wildman–Crippen MR) is 73.0 cm³/mol. The number of aliphatic imine (C=N–C) groups is 1. The SMILES string of the molecule is O=C(O)c1ccc(N=C(c2ccccc2)[N+](=O)[O-])cc1. The zero-order chi connectivity index (χ0) is 14.5. The van der Waals surface area contributed by atoms with E-state index < -0.39 is 10.9 Å². The summed E-state index contributed by atoms with van der Waals surface area (Å²) >= 11 is 0. The van der Waals surface area contributed by atoms with Gasteiger partial charge in [-0.3, -0.25) is 0 Å². The summed E-state index contributed by atoms with van der Waals surface area (Å²) in [6.07, 6.45) is 0. The van der Waals surface area contributed by atoms with E-state index in [9.17, 15) is 14.9 Å². The third-order valence-electron chi connectivity index (χ3n) is 2.55. The molecule has 0 amide bonds. The molecule has 0 spiro atoms. The number of hydrogen-bond donors (Lipinski definition) is 1. The molecular weight excluding hydrogens is 260 g/mol. The van der Waals surface area contributed by atoms with E-state index in [0.717, 1.165) is 0 Å². The maximum Gasteiger partial charge on any atom is 0.371 e. The summed E-state index contributed by atoms with van der Waals surface area (Å²) in [4.78, 5) is 25.2. The highest BCUT2D eigenvalue weighted by Gasteiger charge is 2.16. The largest absolute Gasteiger partial charge is 0.478 e. The Morgan fingerprint density at radius 1 is 1.00 bits per heavy atom. The van der Waals surface area contributed by atoms with Gasteiger partial charge in [-0.05, 0) is 46.3 Å². The van der Waals surface area contributed by atoms with E-state index >= 15 is 0 Å². The van der Waals surface area contributed by atoms with E-state index in [1.807, 2.05) is 0 Å². The van der Waals surface area contributed by atoms with Crippen molar-refractivity contribution in [2.45, 2.75) is 0 Å². The molecule has 0 heterocycles. The molecule has 2 rings (SSSR count). The first-order valence-corrected chi connectivity index (χ1v) is 5.70. The van der Waals surface area contributed by atoms with Gasteiger partial charge in [0, 0.05) is 0 Å². The van der Waals surface area contributed by atoms with Crippen LogP contribution in [0, 0.1) is 10.1 Å². The van der Waals surface area contributed by atoms with Crippen molar-refractivity contribution in [2.24, 2.45) is 4.99 Å². The Balaban J connectivity index is 2.39. The molecule has 6 heteroatoms. The van der Waals surface area contributed by atoms with E-state index in [4.69, 9.17) is 5.11 Å². The molecule has 0 saturated carbocycles. The maximum atomic E-state index is 11.1. The highest BCUT2D eigenvalue weighted by Crippen LogP contribution is 2.15. The monoisotopic (exact) mass is 270 g/mol. The van der Waals surface area contributed by atoms with Crippen molar-refractivity contribution in [1.29, 1.82) is 0 Å². The molecule has 0 atom stereocenters. The smallest absolute Gasteiger partial charge is 0.371 e. The van der Waals surface area contributed by atoms with E-state index in [1.54, 1.807) is 30.3 Å². The molecule has 0 saturated heterocycles. The number of carboxylic acid groups (broad SMARTS) is 1. The van der Waals surface area contributed by atoms with Gasteiger partial charge in [-0.15, -0.1) is 0 Å². The van der Waals surface area contributed by atoms with Crippen molar-refractivity contribution in [3.05, 3.63) is 75.8 Å². The second-order valence-electron chi connectivity index (χ2n) is 3.91. The Labute approximate surface area is 114 Å². The highest BCUT2D eigenvalue weighted by atomic mass is 16.6. The van der Waals surface area contributed by atoms with Crippen LogP contribution in [-0.2, 0) is 0 Å². The van der Waals surface area contributed by atoms with Crippen LogP contribution in [0.25, 0.3) is 0 Å². The standard InChI is InChI=1S/C14H10N2O4/c17-14(18)11-6-8-12(9-7-11)15-13(16(19)20)10-4-2-1-3-5-10/h1-9H,(H,17,18). The first-order chi connectivity index (χ1) is 9.58. The minimum atomic E-state index is -1.06. The highest BCUT2D eigenvalue weighted by molar-refractivity contribution is 5.94. The number of aromatic carboxylic acids is 1. The Hall–Kier alpha value is -3.02. The zero-order valence-electron chi connectivity index (χ0n) is 10.3. The molecule has 0 unspecified atom stereocenters. The van der Waals surface area contributed by atoms with Crippen LogP contribution in [-0.4, -0.2) is 21.8 Å². The third-order valence-corrected chi connectivity index (χ3v) is 2.55. The van der Waals surface area contributed by atoms with Crippen LogP contribution < -0.4 is 0 Å². The van der Waals surface area contributed by atoms with Crippen molar-refractivity contribution in [1.82, 2.24) is 0 Å². The van der Waals surface area contributed by atoms with Crippen LogP contribution in [0.3, 0.4) is 0 Å². The Kier molecular flexibility index (Phi) is 3.85. The van der Waals surface area contributed by atoms with Gasteiger partial charge in [-0.1, -0.05) is 18.2 Å². The number of hydrogen-bond acceptors (Lipinski definition) is 4. The number of nitrogens with zero attached hydrogens (tertiary/aromatic N) is 2. The number of rotatable bonds is 3. The molecule has 20 heavy (non-hydrogen) atoms. The molecule has 0 aliphatic rings. The first-order valence-electron chi connectivity index (χ1n) is 5.70. The molecule has 0 bridgehead atoms. The fraction of sp³-hybridized carbons (Fsp3) is 0. The fourth-order valence-electron chi connectivity index (χ4n) is 1.60. The Morgan fingerprint density at radius 2 is 1.60 bits per heavy atom. The van der Waals surface area contributed by atoms with Gasteiger partial charge in [-0.25, -0.2) is 4.79 Å². The van der Waals surface area contributed by atoms with Gasteiger partial charge in [0.1, 0.15) is 0 Å². The summed E-state index contributed by atoms with van der Waals surface area (Å²) < 4.78 is 0. The van der Waals surface area contributed by atoms with E-state index in [2.05, 4.69) is 4.99 Å². The quantitative estimate of drug-likeness (QED) is 0.401. The number of carbonyl (C=O) groups is 1. The summed E-state index contributed by atoms with van der Waals surface area (Å²) in [5.41, 5.74) is 0.816. The minimum Gasteiger partial charge on any atom is -0.478 e. The van der Waals surface area contributed by atoms with Gasteiger partial charge in [0.2, 0.25) is 0 Å². The molecular formula is C14H10N2O4. The van der Waals surface area contributed by atoms with Crippen LogP contribution >= 0.6 is 0 Å². The molecule has 0 fully saturated rings. The van der Waals surface area contributed by atoms with Crippen LogP contribution in [0.1, 0.15) is 15.9 Å². The molecule has 0 radical (unpaired) electrons. The Morgan fingerprint density at radius 3 is 2.10 bits per heavy atom. The summed E-state index contributed by atoms with van der Waals surface area (Å²) in [6.45, 7) is 0. The first kappa shape index (κ1) is 13.4. The second kappa shape index (κ2) is 5.75. The maximum absolute atomic E-state index is 11.1. The topological polar surface area (TPSA) is 92.8 Å². The van der Waals surface area contributed by atoms with Crippen LogP contribution in [0.5, 0.6) is 0 Å². The van der Waals surface area contributed by atoms with Crippen LogP contribution in [0.4, 0.5) is 5.69 Å². The molecule has 100 valence electrons. The third kappa shape index (κ3) is 3.05. The van der Waals surface area contributed by atoms with Crippen molar-refractivity contribution < 1.29 is 14.8 Å². The van der Waals surface area contributed by atoms with Gasteiger partial charge in [0.15, 0.2) is 5.69 Å². The van der Waals surface area contributed by atoms with Gasteiger partial charge in [0.05, 0.1) is 11.1 Å². The number of amidine groups is 1. The number of benzene rings is 2.